The van der Waals surface area contributed by atoms with Crippen molar-refractivity contribution in [1.29, 1.82) is 0 Å². The van der Waals surface area contributed by atoms with Crippen molar-refractivity contribution in [3.8, 4) is 5.75 Å². The maximum Gasteiger partial charge on any atom is 0.373 e. The van der Waals surface area contributed by atoms with E-state index in [1.807, 2.05) is 24.3 Å². The number of aromatic nitrogens is 2. The zero-order valence-electron chi connectivity index (χ0n) is 14.1. The van der Waals surface area contributed by atoms with Crippen molar-refractivity contribution >= 4 is 40.8 Å². The first-order chi connectivity index (χ1) is 12.7. The zero-order valence-corrected chi connectivity index (χ0v) is 16.6. The van der Waals surface area contributed by atoms with E-state index in [0.29, 0.717) is 11.5 Å². The first-order valence-electron chi connectivity index (χ1n) is 7.57. The minimum Gasteiger partial charge on any atom is -0.497 e. The molecule has 2 heterocycles. The van der Waals surface area contributed by atoms with Crippen LogP contribution < -0.4 is 4.74 Å². The van der Waals surface area contributed by atoms with E-state index < -0.39 is 5.97 Å². The molecule has 136 valence electrons. The number of benzene rings is 1. The molecule has 0 fully saturated rings. The van der Waals surface area contributed by atoms with Gasteiger partial charge in [-0.15, -0.1) is 10.2 Å². The molecule has 0 unspecified atom stereocenters. The predicted molar refractivity (Wildman–Crippen MR) is 102 cm³/mol. The molecule has 9 heteroatoms. The minimum atomic E-state index is -0.477. The lowest BCUT2D eigenvalue weighted by Gasteiger charge is -2.01. The molecule has 0 atom stereocenters. The highest BCUT2D eigenvalue weighted by atomic mass is 32.2. The van der Waals surface area contributed by atoms with E-state index in [0.717, 1.165) is 20.2 Å². The Morgan fingerprint density at radius 3 is 2.38 bits per heavy atom. The molecule has 1 aromatic carbocycles. The van der Waals surface area contributed by atoms with E-state index in [1.54, 1.807) is 42.3 Å². The van der Waals surface area contributed by atoms with Crippen molar-refractivity contribution in [2.24, 2.45) is 0 Å². The molecule has 3 aromatic rings. The smallest absolute Gasteiger partial charge is 0.373 e. The maximum atomic E-state index is 11.4. The number of nitrogens with zero attached hydrogens (tertiary/aromatic N) is 2. The molecule has 0 bridgehead atoms. The first kappa shape index (κ1) is 18.8. The van der Waals surface area contributed by atoms with E-state index in [2.05, 4.69) is 14.9 Å². The Balaban J connectivity index is 1.49. The van der Waals surface area contributed by atoms with Crippen LogP contribution in [0, 0.1) is 0 Å². The predicted octanol–water partition coefficient (Wildman–Crippen LogP) is 4.51. The molecule has 0 aliphatic carbocycles. The lowest BCUT2D eigenvalue weighted by molar-refractivity contribution is 0.0563. The number of rotatable bonds is 8. The maximum absolute atomic E-state index is 11.4. The van der Waals surface area contributed by atoms with E-state index in [9.17, 15) is 4.79 Å². The quantitative estimate of drug-likeness (QED) is 0.398. The van der Waals surface area contributed by atoms with Crippen LogP contribution in [-0.2, 0) is 16.2 Å². The van der Waals surface area contributed by atoms with Gasteiger partial charge in [-0.3, -0.25) is 0 Å². The van der Waals surface area contributed by atoms with Crippen LogP contribution in [0.1, 0.15) is 21.9 Å². The van der Waals surface area contributed by atoms with Crippen molar-refractivity contribution in [2.75, 3.05) is 14.2 Å². The summed E-state index contributed by atoms with van der Waals surface area (Å²) in [5, 5.41) is 8.39. The van der Waals surface area contributed by atoms with Crippen LogP contribution in [0.3, 0.4) is 0 Å². The van der Waals surface area contributed by atoms with Crippen molar-refractivity contribution in [2.45, 2.75) is 20.2 Å². The summed E-state index contributed by atoms with van der Waals surface area (Å²) in [5.41, 5.74) is 1.20. The second-order valence-electron chi connectivity index (χ2n) is 5.02. The summed E-state index contributed by atoms with van der Waals surface area (Å²) in [6.07, 6.45) is 0. The third kappa shape index (κ3) is 5.03. The van der Waals surface area contributed by atoms with Crippen LogP contribution in [0.5, 0.6) is 5.75 Å². The third-order valence-corrected chi connectivity index (χ3v) is 6.58. The van der Waals surface area contributed by atoms with E-state index in [4.69, 9.17) is 9.15 Å². The van der Waals surface area contributed by atoms with Gasteiger partial charge in [0, 0.05) is 5.75 Å². The average molecular weight is 409 g/mol. The minimum absolute atomic E-state index is 0.205. The van der Waals surface area contributed by atoms with E-state index in [1.165, 1.54) is 24.4 Å². The van der Waals surface area contributed by atoms with Gasteiger partial charge in [0.1, 0.15) is 11.5 Å². The molecule has 0 aliphatic rings. The van der Waals surface area contributed by atoms with Gasteiger partial charge in [0.15, 0.2) is 8.68 Å². The van der Waals surface area contributed by atoms with Crippen LogP contribution in [0.4, 0.5) is 0 Å². The zero-order chi connectivity index (χ0) is 18.4. The van der Waals surface area contributed by atoms with Crippen molar-refractivity contribution in [1.82, 2.24) is 10.2 Å². The highest BCUT2D eigenvalue weighted by Gasteiger charge is 2.12. The van der Waals surface area contributed by atoms with Gasteiger partial charge in [-0.05, 0) is 29.8 Å². The van der Waals surface area contributed by atoms with Gasteiger partial charge in [0.25, 0.3) is 0 Å². The number of carbonyl (C=O) groups is 1. The monoisotopic (exact) mass is 408 g/mol. The molecule has 2 aromatic heterocycles. The van der Waals surface area contributed by atoms with Gasteiger partial charge >= 0.3 is 5.97 Å². The van der Waals surface area contributed by atoms with Crippen LogP contribution in [0.25, 0.3) is 0 Å². The Kier molecular flexibility index (Phi) is 6.59. The highest BCUT2D eigenvalue weighted by Crippen LogP contribution is 2.32. The van der Waals surface area contributed by atoms with E-state index >= 15 is 0 Å². The fourth-order valence-corrected chi connectivity index (χ4v) is 4.85. The van der Waals surface area contributed by atoms with Crippen molar-refractivity contribution < 1.29 is 18.7 Å². The number of hydrogen-bond donors (Lipinski definition) is 0. The summed E-state index contributed by atoms with van der Waals surface area (Å²) >= 11 is 4.71. The average Bonchev–Trinajstić information content (AvgIpc) is 3.34. The SMILES string of the molecule is COC(=O)c1ccc(CSc2nnc(SCc3ccc(OC)cc3)s2)o1. The number of esters is 1. The topological polar surface area (TPSA) is 74.5 Å². The van der Waals surface area contributed by atoms with Gasteiger partial charge in [0.2, 0.25) is 5.76 Å². The fourth-order valence-electron chi connectivity index (χ4n) is 1.98. The number of carbonyl (C=O) groups excluding carboxylic acids is 1. The second-order valence-corrected chi connectivity index (χ2v) is 8.44. The number of furan rings is 1. The molecule has 0 radical (unpaired) electrons. The summed E-state index contributed by atoms with van der Waals surface area (Å²) in [7, 11) is 2.98. The van der Waals surface area contributed by atoms with E-state index in [-0.39, 0.29) is 5.76 Å². The molecule has 0 amide bonds. The van der Waals surface area contributed by atoms with Crippen molar-refractivity contribution in [3.05, 3.63) is 53.5 Å². The van der Waals surface area contributed by atoms with Gasteiger partial charge < -0.3 is 13.9 Å². The van der Waals surface area contributed by atoms with Crippen molar-refractivity contribution in [3.63, 3.8) is 0 Å². The van der Waals surface area contributed by atoms with Gasteiger partial charge in [0.05, 0.1) is 20.0 Å². The summed E-state index contributed by atoms with van der Waals surface area (Å²) in [4.78, 5) is 11.4. The van der Waals surface area contributed by atoms with Crippen LogP contribution in [-0.4, -0.2) is 30.4 Å². The van der Waals surface area contributed by atoms with Crippen LogP contribution in [0.2, 0.25) is 0 Å². The molecule has 0 saturated heterocycles. The number of ether oxygens (including phenoxy) is 2. The molecule has 0 spiro atoms. The lowest BCUT2D eigenvalue weighted by atomic mass is 10.2. The Hall–Kier alpha value is -1.97. The fraction of sp³-hybridized carbons (Fsp3) is 0.235. The molecule has 26 heavy (non-hydrogen) atoms. The molecule has 6 nitrogen and oxygen atoms in total. The Morgan fingerprint density at radius 1 is 1.04 bits per heavy atom. The standard InChI is InChI=1S/C17H16N2O4S3/c1-21-12-5-3-11(4-6-12)9-24-16-18-19-17(26-16)25-10-13-7-8-14(23-13)15(20)22-2/h3-8H,9-10H2,1-2H3. The number of methoxy groups -OCH3 is 2. The Bertz CT molecular complexity index is 861. The molecule has 0 N–H and O–H groups in total. The summed E-state index contributed by atoms with van der Waals surface area (Å²) < 4.78 is 17.0. The summed E-state index contributed by atoms with van der Waals surface area (Å²) in [6.45, 7) is 0. The van der Waals surface area contributed by atoms with Crippen LogP contribution in [0.15, 0.2) is 49.5 Å². The highest BCUT2D eigenvalue weighted by molar-refractivity contribution is 8.02. The first-order valence-corrected chi connectivity index (χ1v) is 10.4. The largest absolute Gasteiger partial charge is 0.497 e. The van der Waals surface area contributed by atoms with Gasteiger partial charge in [-0.25, -0.2) is 4.79 Å². The Morgan fingerprint density at radius 2 is 1.73 bits per heavy atom. The molecule has 0 aliphatic heterocycles. The summed E-state index contributed by atoms with van der Waals surface area (Å²) in [6, 6.07) is 11.3. The molecule has 3 rings (SSSR count). The van der Waals surface area contributed by atoms with Gasteiger partial charge in [-0.1, -0.05) is 47.0 Å². The second kappa shape index (κ2) is 9.11. The van der Waals surface area contributed by atoms with Crippen LogP contribution >= 0.6 is 34.9 Å². The summed E-state index contributed by atoms with van der Waals surface area (Å²) in [5.74, 6) is 2.67. The molecular weight excluding hydrogens is 392 g/mol. The molecular formula is C17H16N2O4S3. The number of thioether (sulfide) groups is 2. The Labute approximate surface area is 163 Å². The normalized spacial score (nSPS) is 10.7. The lowest BCUT2D eigenvalue weighted by Crippen LogP contribution is -1.98. The molecule has 0 saturated carbocycles. The third-order valence-electron chi connectivity index (χ3n) is 3.30. The van der Waals surface area contributed by atoms with Gasteiger partial charge in [-0.2, -0.15) is 0 Å². The number of hydrogen-bond acceptors (Lipinski definition) is 9.